The molecule has 1 amide bonds. The van der Waals surface area contributed by atoms with Gasteiger partial charge in [-0.25, -0.2) is 0 Å². The highest BCUT2D eigenvalue weighted by atomic mass is 35.5. The zero-order valence-corrected chi connectivity index (χ0v) is 8.21. The molecule has 1 N–H and O–H groups in total. The number of rotatable bonds is 3. The SMILES string of the molecule is N#CCC(=O)NCc1ccccc1Cl. The van der Waals surface area contributed by atoms with Crippen LogP contribution in [0.5, 0.6) is 0 Å². The Morgan fingerprint density at radius 2 is 2.21 bits per heavy atom. The van der Waals surface area contributed by atoms with Crippen LogP contribution in [0.3, 0.4) is 0 Å². The van der Waals surface area contributed by atoms with Gasteiger partial charge in [-0.2, -0.15) is 5.26 Å². The van der Waals surface area contributed by atoms with Gasteiger partial charge in [0.15, 0.2) is 0 Å². The molecule has 72 valence electrons. The van der Waals surface area contributed by atoms with E-state index in [-0.39, 0.29) is 12.3 Å². The molecule has 1 aromatic carbocycles. The highest BCUT2D eigenvalue weighted by molar-refractivity contribution is 6.31. The Hall–Kier alpha value is -1.53. The van der Waals surface area contributed by atoms with Gasteiger partial charge in [-0.3, -0.25) is 4.79 Å². The molecular formula is C10H9ClN2O. The van der Waals surface area contributed by atoms with Crippen molar-refractivity contribution < 1.29 is 4.79 Å². The van der Waals surface area contributed by atoms with Gasteiger partial charge in [-0.05, 0) is 11.6 Å². The number of nitrogens with zero attached hydrogens (tertiary/aromatic N) is 1. The van der Waals surface area contributed by atoms with Crippen molar-refractivity contribution in [2.75, 3.05) is 0 Å². The molecule has 0 atom stereocenters. The first kappa shape index (κ1) is 10.6. The minimum absolute atomic E-state index is 0.121. The fraction of sp³-hybridized carbons (Fsp3) is 0.200. The summed E-state index contributed by atoms with van der Waals surface area (Å²) in [7, 11) is 0. The van der Waals surface area contributed by atoms with Gasteiger partial charge in [0.25, 0.3) is 0 Å². The van der Waals surface area contributed by atoms with Crippen molar-refractivity contribution in [1.82, 2.24) is 5.32 Å². The van der Waals surface area contributed by atoms with Crippen LogP contribution < -0.4 is 5.32 Å². The molecule has 0 aliphatic carbocycles. The third kappa shape index (κ3) is 3.08. The van der Waals surface area contributed by atoms with Crippen LogP contribution in [-0.2, 0) is 11.3 Å². The summed E-state index contributed by atoms with van der Waals surface area (Å²) in [6, 6.07) is 9.03. The molecule has 0 saturated carbocycles. The lowest BCUT2D eigenvalue weighted by atomic mass is 10.2. The molecule has 4 heteroatoms. The molecule has 1 aromatic rings. The first-order chi connectivity index (χ1) is 6.74. The Bertz CT molecular complexity index is 371. The molecule has 0 bridgehead atoms. The molecule has 0 saturated heterocycles. The second-order valence-corrected chi connectivity index (χ2v) is 3.11. The Kier molecular flexibility index (Phi) is 3.96. The molecular weight excluding hydrogens is 200 g/mol. The fourth-order valence-corrected chi connectivity index (χ4v) is 1.17. The second-order valence-electron chi connectivity index (χ2n) is 2.70. The Morgan fingerprint density at radius 1 is 1.50 bits per heavy atom. The fourth-order valence-electron chi connectivity index (χ4n) is 0.970. The summed E-state index contributed by atoms with van der Waals surface area (Å²) in [4.78, 5) is 11.0. The zero-order valence-electron chi connectivity index (χ0n) is 7.46. The first-order valence-corrected chi connectivity index (χ1v) is 4.49. The van der Waals surface area contributed by atoms with Gasteiger partial charge in [0.1, 0.15) is 6.42 Å². The molecule has 14 heavy (non-hydrogen) atoms. The molecule has 0 fully saturated rings. The van der Waals surface area contributed by atoms with Gasteiger partial charge >= 0.3 is 0 Å². The van der Waals surface area contributed by atoms with Crippen molar-refractivity contribution in [1.29, 1.82) is 5.26 Å². The molecule has 0 aliphatic heterocycles. The summed E-state index contributed by atoms with van der Waals surface area (Å²) in [5, 5.41) is 11.5. The van der Waals surface area contributed by atoms with Gasteiger partial charge in [0.05, 0.1) is 6.07 Å². The van der Waals surface area contributed by atoms with E-state index in [1.807, 2.05) is 18.2 Å². The topological polar surface area (TPSA) is 52.9 Å². The highest BCUT2D eigenvalue weighted by Crippen LogP contribution is 2.14. The number of nitrogens with one attached hydrogen (secondary N) is 1. The van der Waals surface area contributed by atoms with Crippen LogP contribution in [-0.4, -0.2) is 5.91 Å². The van der Waals surface area contributed by atoms with Gasteiger partial charge in [-0.1, -0.05) is 29.8 Å². The van der Waals surface area contributed by atoms with E-state index in [4.69, 9.17) is 16.9 Å². The maximum atomic E-state index is 11.0. The lowest BCUT2D eigenvalue weighted by Crippen LogP contribution is -2.21. The largest absolute Gasteiger partial charge is 0.351 e. The zero-order chi connectivity index (χ0) is 10.4. The lowest BCUT2D eigenvalue weighted by Gasteiger charge is -2.04. The molecule has 3 nitrogen and oxygen atoms in total. The van der Waals surface area contributed by atoms with Gasteiger partial charge in [0, 0.05) is 11.6 Å². The average molecular weight is 209 g/mol. The molecule has 0 aromatic heterocycles. The van der Waals surface area contributed by atoms with Crippen molar-refractivity contribution >= 4 is 17.5 Å². The summed E-state index contributed by atoms with van der Waals surface area (Å²) in [6.07, 6.45) is -0.121. The third-order valence-electron chi connectivity index (χ3n) is 1.67. The van der Waals surface area contributed by atoms with E-state index in [0.717, 1.165) is 5.56 Å². The molecule has 0 spiro atoms. The summed E-state index contributed by atoms with van der Waals surface area (Å²) in [5.74, 6) is -0.285. The predicted molar refractivity (Wildman–Crippen MR) is 53.5 cm³/mol. The van der Waals surface area contributed by atoms with Crippen LogP contribution >= 0.6 is 11.6 Å². The van der Waals surface area contributed by atoms with E-state index in [9.17, 15) is 4.79 Å². The molecule has 0 aliphatic rings. The summed E-state index contributed by atoms with van der Waals surface area (Å²) >= 11 is 5.87. The molecule has 0 radical (unpaired) electrons. The van der Waals surface area contributed by atoms with Crippen LogP contribution in [0, 0.1) is 11.3 Å². The number of amides is 1. The smallest absolute Gasteiger partial charge is 0.234 e. The van der Waals surface area contributed by atoms with Crippen LogP contribution in [0.2, 0.25) is 5.02 Å². The van der Waals surface area contributed by atoms with E-state index in [2.05, 4.69) is 5.32 Å². The number of hydrogen-bond donors (Lipinski definition) is 1. The van der Waals surface area contributed by atoms with Crippen LogP contribution in [0.25, 0.3) is 0 Å². The second kappa shape index (κ2) is 5.25. The number of benzene rings is 1. The predicted octanol–water partition coefficient (Wildman–Crippen LogP) is 1.87. The average Bonchev–Trinajstić information content (AvgIpc) is 2.17. The number of nitriles is 1. The van der Waals surface area contributed by atoms with Crippen LogP contribution in [0.1, 0.15) is 12.0 Å². The van der Waals surface area contributed by atoms with Crippen molar-refractivity contribution in [2.24, 2.45) is 0 Å². The quantitative estimate of drug-likeness (QED) is 0.825. The standard InChI is InChI=1S/C10H9ClN2O/c11-9-4-2-1-3-8(9)7-13-10(14)5-6-12/h1-4H,5,7H2,(H,13,14). The Labute approximate surface area is 87.3 Å². The lowest BCUT2D eigenvalue weighted by molar-refractivity contribution is -0.120. The van der Waals surface area contributed by atoms with Crippen LogP contribution in [0.4, 0.5) is 0 Å². The molecule has 0 heterocycles. The van der Waals surface area contributed by atoms with E-state index in [1.54, 1.807) is 12.1 Å². The Balaban J connectivity index is 2.51. The van der Waals surface area contributed by atoms with E-state index in [1.165, 1.54) is 0 Å². The minimum Gasteiger partial charge on any atom is -0.351 e. The van der Waals surface area contributed by atoms with Crippen LogP contribution in [0.15, 0.2) is 24.3 Å². The summed E-state index contributed by atoms with van der Waals surface area (Å²) in [6.45, 7) is 0.361. The van der Waals surface area contributed by atoms with E-state index < -0.39 is 0 Å². The first-order valence-electron chi connectivity index (χ1n) is 4.11. The minimum atomic E-state index is -0.285. The maximum absolute atomic E-state index is 11.0. The Morgan fingerprint density at radius 3 is 2.86 bits per heavy atom. The van der Waals surface area contributed by atoms with Gasteiger partial charge < -0.3 is 5.32 Å². The van der Waals surface area contributed by atoms with Gasteiger partial charge in [-0.15, -0.1) is 0 Å². The van der Waals surface area contributed by atoms with Crippen molar-refractivity contribution in [3.05, 3.63) is 34.9 Å². The van der Waals surface area contributed by atoms with E-state index >= 15 is 0 Å². The maximum Gasteiger partial charge on any atom is 0.234 e. The van der Waals surface area contributed by atoms with E-state index in [0.29, 0.717) is 11.6 Å². The summed E-state index contributed by atoms with van der Waals surface area (Å²) in [5.41, 5.74) is 0.848. The number of carbonyl (C=O) groups excluding carboxylic acids is 1. The van der Waals surface area contributed by atoms with Crippen molar-refractivity contribution in [3.63, 3.8) is 0 Å². The van der Waals surface area contributed by atoms with Crippen molar-refractivity contribution in [2.45, 2.75) is 13.0 Å². The van der Waals surface area contributed by atoms with Gasteiger partial charge in [0.2, 0.25) is 5.91 Å². The highest BCUT2D eigenvalue weighted by Gasteiger charge is 2.01. The van der Waals surface area contributed by atoms with Crippen molar-refractivity contribution in [3.8, 4) is 6.07 Å². The number of halogens is 1. The monoisotopic (exact) mass is 208 g/mol. The number of hydrogen-bond acceptors (Lipinski definition) is 2. The third-order valence-corrected chi connectivity index (χ3v) is 2.04. The number of carbonyl (C=O) groups is 1. The molecule has 0 unspecified atom stereocenters. The normalized spacial score (nSPS) is 9.14. The molecule has 1 rings (SSSR count). The summed E-state index contributed by atoms with van der Waals surface area (Å²) < 4.78 is 0.